The fraction of sp³-hybridized carbons (Fsp3) is 0.812. The normalized spacial score (nSPS) is 27.0. The number of rotatable bonds is 11. The number of carbonyl (C=O) groups excluding carboxylic acids is 1. The molecule has 0 saturated carbocycles. The Bertz CT molecular complexity index is 434. The molecule has 0 aliphatic carbocycles. The van der Waals surface area contributed by atoms with Crippen molar-refractivity contribution in [1.82, 2.24) is 0 Å². The summed E-state index contributed by atoms with van der Waals surface area (Å²) in [4.78, 5) is 34.0. The van der Waals surface area contributed by atoms with Gasteiger partial charge in [0.15, 0.2) is 0 Å². The maximum absolute atomic E-state index is 11.7. The predicted octanol–water partition coefficient (Wildman–Crippen LogP) is 1.96. The Balaban J connectivity index is 2.46. The minimum Gasteiger partial charge on any atom is -0.479 e. The first-order chi connectivity index (χ1) is 10.9. The van der Waals surface area contributed by atoms with Gasteiger partial charge in [-0.25, -0.2) is 9.59 Å². The van der Waals surface area contributed by atoms with Gasteiger partial charge in [0.25, 0.3) is 0 Å². The molecule has 0 amide bonds. The smallest absolute Gasteiger partial charge is 0.348 e. The van der Waals surface area contributed by atoms with Crippen LogP contribution >= 0.6 is 0 Å². The Hall–Kier alpha value is -1.63. The van der Waals surface area contributed by atoms with Crippen LogP contribution in [-0.4, -0.2) is 44.9 Å². The molecule has 1 saturated heterocycles. The van der Waals surface area contributed by atoms with Crippen molar-refractivity contribution in [1.29, 1.82) is 0 Å². The Labute approximate surface area is 135 Å². The summed E-state index contributed by atoms with van der Waals surface area (Å²) in [5.74, 6) is -5.67. The fourth-order valence-electron chi connectivity index (χ4n) is 2.97. The molecule has 0 bridgehead atoms. The van der Waals surface area contributed by atoms with Gasteiger partial charge in [0, 0.05) is 0 Å². The lowest BCUT2D eigenvalue weighted by molar-refractivity contribution is -0.179. The van der Waals surface area contributed by atoms with Gasteiger partial charge < -0.3 is 20.1 Å². The average Bonchev–Trinajstić information content (AvgIpc) is 2.75. The molecule has 3 unspecified atom stereocenters. The van der Waals surface area contributed by atoms with Gasteiger partial charge in [0.1, 0.15) is 5.92 Å². The van der Waals surface area contributed by atoms with Crippen molar-refractivity contribution in [2.75, 3.05) is 0 Å². The van der Waals surface area contributed by atoms with E-state index in [9.17, 15) is 19.5 Å². The van der Waals surface area contributed by atoms with Gasteiger partial charge in [-0.15, -0.1) is 0 Å². The molecular formula is C16H26O7. The number of unbranched alkanes of at least 4 members (excludes halogenated alkanes) is 7. The number of aliphatic carboxylic acids is 2. The van der Waals surface area contributed by atoms with Crippen LogP contribution in [0.25, 0.3) is 0 Å². The lowest BCUT2D eigenvalue weighted by Crippen LogP contribution is -2.54. The molecular weight excluding hydrogens is 304 g/mol. The second kappa shape index (κ2) is 8.86. The predicted molar refractivity (Wildman–Crippen MR) is 80.8 cm³/mol. The molecule has 1 aliphatic heterocycles. The molecule has 0 radical (unpaired) electrons. The van der Waals surface area contributed by atoms with Crippen molar-refractivity contribution in [2.45, 2.75) is 76.4 Å². The number of carboxylic acid groups (broad SMARTS) is 2. The number of hydrogen-bond donors (Lipinski definition) is 3. The Morgan fingerprint density at radius 3 is 2.04 bits per heavy atom. The van der Waals surface area contributed by atoms with Crippen molar-refractivity contribution in [3.8, 4) is 0 Å². The zero-order valence-corrected chi connectivity index (χ0v) is 13.5. The summed E-state index contributed by atoms with van der Waals surface area (Å²) in [5.41, 5.74) is -2.69. The van der Waals surface area contributed by atoms with E-state index in [-0.39, 0.29) is 6.42 Å². The van der Waals surface area contributed by atoms with Gasteiger partial charge in [0.2, 0.25) is 11.7 Å². The van der Waals surface area contributed by atoms with Crippen LogP contribution in [-0.2, 0) is 19.1 Å². The molecule has 23 heavy (non-hydrogen) atoms. The molecule has 1 aliphatic rings. The van der Waals surface area contributed by atoms with E-state index in [1.165, 1.54) is 19.3 Å². The van der Waals surface area contributed by atoms with Crippen molar-refractivity contribution in [3.63, 3.8) is 0 Å². The molecule has 0 aromatic heterocycles. The first-order valence-corrected chi connectivity index (χ1v) is 8.24. The largest absolute Gasteiger partial charge is 0.479 e. The number of ether oxygens (including phenoxy) is 1. The zero-order chi connectivity index (χ0) is 17.5. The molecule has 1 heterocycles. The van der Waals surface area contributed by atoms with Gasteiger partial charge >= 0.3 is 17.9 Å². The van der Waals surface area contributed by atoms with E-state index in [0.29, 0.717) is 6.42 Å². The zero-order valence-electron chi connectivity index (χ0n) is 13.5. The topological polar surface area (TPSA) is 121 Å². The summed E-state index contributed by atoms with van der Waals surface area (Å²) >= 11 is 0. The summed E-state index contributed by atoms with van der Waals surface area (Å²) in [6.45, 7) is 2.15. The Morgan fingerprint density at radius 2 is 1.57 bits per heavy atom. The number of esters is 1. The number of hydrogen-bond acceptors (Lipinski definition) is 5. The molecule has 0 spiro atoms. The second-order valence-corrected chi connectivity index (χ2v) is 6.10. The average molecular weight is 330 g/mol. The quantitative estimate of drug-likeness (QED) is 0.391. The summed E-state index contributed by atoms with van der Waals surface area (Å²) in [5, 5.41) is 28.3. The number of carboxylic acids is 2. The maximum atomic E-state index is 11.7. The van der Waals surface area contributed by atoms with Crippen LogP contribution in [0.3, 0.4) is 0 Å². The van der Waals surface area contributed by atoms with Crippen LogP contribution in [0.15, 0.2) is 0 Å². The number of carbonyl (C=O) groups is 3. The third-order valence-corrected chi connectivity index (χ3v) is 4.36. The summed E-state index contributed by atoms with van der Waals surface area (Å²) in [6, 6.07) is 0. The third kappa shape index (κ3) is 4.67. The SMILES string of the molecule is CCCCCCCCCCC1C(=O)OC(C(=O)O)C1(O)C(=O)O. The van der Waals surface area contributed by atoms with E-state index in [1.807, 2.05) is 0 Å². The third-order valence-electron chi connectivity index (χ3n) is 4.36. The first-order valence-electron chi connectivity index (χ1n) is 8.24. The summed E-state index contributed by atoms with van der Waals surface area (Å²) in [6.07, 6.45) is 6.23. The standard InChI is InChI=1S/C16H26O7/c1-2-3-4-5-6-7-8-9-10-11-14(19)23-12(13(17)18)16(11,22)15(20)21/h11-12,22H,2-10H2,1H3,(H,17,18)(H,20,21). The minimum absolute atomic E-state index is 0.111. The highest BCUT2D eigenvalue weighted by Gasteiger charge is 2.64. The molecule has 0 aromatic rings. The molecule has 0 aromatic carbocycles. The van der Waals surface area contributed by atoms with Crippen molar-refractivity contribution in [2.24, 2.45) is 5.92 Å². The first kappa shape index (κ1) is 19.4. The maximum Gasteiger partial charge on any atom is 0.348 e. The minimum atomic E-state index is -2.69. The second-order valence-electron chi connectivity index (χ2n) is 6.10. The lowest BCUT2D eigenvalue weighted by Gasteiger charge is -2.24. The van der Waals surface area contributed by atoms with Crippen LogP contribution in [0.1, 0.15) is 64.7 Å². The lowest BCUT2D eigenvalue weighted by atomic mass is 9.82. The molecule has 7 heteroatoms. The molecule has 1 rings (SSSR count). The highest BCUT2D eigenvalue weighted by Crippen LogP contribution is 2.36. The van der Waals surface area contributed by atoms with Crippen LogP contribution in [0.2, 0.25) is 0 Å². The highest BCUT2D eigenvalue weighted by atomic mass is 16.6. The van der Waals surface area contributed by atoms with Gasteiger partial charge in [-0.2, -0.15) is 0 Å². The van der Waals surface area contributed by atoms with Crippen molar-refractivity contribution < 1.29 is 34.4 Å². The fourth-order valence-corrected chi connectivity index (χ4v) is 2.97. The summed E-state index contributed by atoms with van der Waals surface area (Å²) < 4.78 is 4.57. The van der Waals surface area contributed by atoms with E-state index in [2.05, 4.69) is 11.7 Å². The van der Waals surface area contributed by atoms with Crippen LogP contribution < -0.4 is 0 Å². The van der Waals surface area contributed by atoms with E-state index in [4.69, 9.17) is 10.2 Å². The molecule has 7 nitrogen and oxygen atoms in total. The van der Waals surface area contributed by atoms with Gasteiger partial charge in [0.05, 0.1) is 0 Å². The van der Waals surface area contributed by atoms with Gasteiger partial charge in [-0.05, 0) is 6.42 Å². The molecule has 3 N–H and O–H groups in total. The van der Waals surface area contributed by atoms with E-state index >= 15 is 0 Å². The number of cyclic esters (lactones) is 1. The Kier molecular flexibility index (Phi) is 7.48. The van der Waals surface area contributed by atoms with Crippen LogP contribution in [0.4, 0.5) is 0 Å². The van der Waals surface area contributed by atoms with Crippen molar-refractivity contribution >= 4 is 17.9 Å². The van der Waals surface area contributed by atoms with E-state index < -0.39 is 35.5 Å². The van der Waals surface area contributed by atoms with Crippen LogP contribution in [0.5, 0.6) is 0 Å². The van der Waals surface area contributed by atoms with E-state index in [0.717, 1.165) is 25.7 Å². The number of aliphatic hydroxyl groups is 1. The molecule has 3 atom stereocenters. The van der Waals surface area contributed by atoms with Gasteiger partial charge in [-0.1, -0.05) is 58.3 Å². The van der Waals surface area contributed by atoms with Gasteiger partial charge in [-0.3, -0.25) is 4.79 Å². The van der Waals surface area contributed by atoms with Crippen molar-refractivity contribution in [3.05, 3.63) is 0 Å². The Morgan fingerprint density at radius 1 is 1.04 bits per heavy atom. The highest BCUT2D eigenvalue weighted by molar-refractivity contribution is 5.97. The summed E-state index contributed by atoms with van der Waals surface area (Å²) in [7, 11) is 0. The molecule has 132 valence electrons. The van der Waals surface area contributed by atoms with E-state index in [1.54, 1.807) is 0 Å². The molecule has 1 fully saturated rings. The van der Waals surface area contributed by atoms with Crippen LogP contribution in [0, 0.1) is 5.92 Å². The monoisotopic (exact) mass is 330 g/mol.